The fraction of sp³-hybridized carbons (Fsp3) is 0.167. The molecule has 0 fully saturated rings. The van der Waals surface area contributed by atoms with Gasteiger partial charge >= 0.3 is 0 Å². The Hall–Kier alpha value is -2.06. The quantitative estimate of drug-likeness (QED) is 0.660. The van der Waals surface area contributed by atoms with Crippen molar-refractivity contribution in [3.05, 3.63) is 70.9 Å². The molecule has 0 radical (unpaired) electrons. The van der Waals surface area contributed by atoms with Crippen molar-refractivity contribution < 1.29 is 4.79 Å². The van der Waals surface area contributed by atoms with Gasteiger partial charge in [-0.25, -0.2) is 0 Å². The number of carbonyl (C=O) groups excluding carboxylic acids is 1. The molecule has 0 bridgehead atoms. The molecule has 21 heavy (non-hydrogen) atoms. The van der Waals surface area contributed by atoms with E-state index in [1.807, 2.05) is 54.7 Å². The summed E-state index contributed by atoms with van der Waals surface area (Å²) < 4.78 is 0. The molecule has 2 nitrogen and oxygen atoms in total. The van der Waals surface area contributed by atoms with Crippen molar-refractivity contribution in [1.29, 1.82) is 0 Å². The fourth-order valence-corrected chi connectivity index (χ4v) is 2.82. The van der Waals surface area contributed by atoms with E-state index in [-0.39, 0.29) is 11.7 Å². The van der Waals surface area contributed by atoms with Crippen LogP contribution in [-0.2, 0) is 0 Å². The van der Waals surface area contributed by atoms with Gasteiger partial charge in [0.05, 0.1) is 0 Å². The molecule has 106 valence electrons. The molecule has 3 rings (SSSR count). The van der Waals surface area contributed by atoms with Gasteiger partial charge in [0.25, 0.3) is 0 Å². The average Bonchev–Trinajstić information content (AvgIpc) is 2.91. The topological polar surface area (TPSA) is 32.9 Å². The number of H-pyrrole nitrogens is 1. The summed E-state index contributed by atoms with van der Waals surface area (Å²) in [6.45, 7) is 2.07. The zero-order chi connectivity index (χ0) is 14.8. The van der Waals surface area contributed by atoms with Gasteiger partial charge in [-0.2, -0.15) is 0 Å². The number of Topliss-reactive ketones (excluding diaryl/α,β-unsaturated/α-hetero) is 1. The molecule has 2 aromatic carbocycles. The fourth-order valence-electron chi connectivity index (χ4n) is 2.65. The molecule has 1 atom stereocenters. The average molecular weight is 298 g/mol. The highest BCUT2D eigenvalue weighted by Gasteiger charge is 2.16. The third-order valence-electron chi connectivity index (χ3n) is 3.79. The van der Waals surface area contributed by atoms with Crippen LogP contribution in [0.5, 0.6) is 0 Å². The first-order chi connectivity index (χ1) is 10.1. The maximum atomic E-state index is 12.3. The second-order valence-electron chi connectivity index (χ2n) is 5.33. The number of aromatic amines is 1. The molecule has 0 saturated carbocycles. The molecule has 0 aliphatic rings. The van der Waals surface area contributed by atoms with Crippen LogP contribution in [0.3, 0.4) is 0 Å². The Labute approximate surface area is 128 Å². The van der Waals surface area contributed by atoms with Crippen LogP contribution < -0.4 is 0 Å². The van der Waals surface area contributed by atoms with Crippen molar-refractivity contribution in [1.82, 2.24) is 4.98 Å². The predicted molar refractivity (Wildman–Crippen MR) is 87.1 cm³/mol. The molecule has 1 heterocycles. The summed E-state index contributed by atoms with van der Waals surface area (Å²) >= 11 is 6.07. The molecule has 3 aromatic rings. The number of carbonyl (C=O) groups is 1. The first-order valence-corrected chi connectivity index (χ1v) is 7.37. The molecule has 1 unspecified atom stereocenters. The molecule has 0 amide bonds. The van der Waals surface area contributed by atoms with E-state index < -0.39 is 0 Å². The van der Waals surface area contributed by atoms with E-state index in [0.717, 1.165) is 22.0 Å². The van der Waals surface area contributed by atoms with E-state index in [1.54, 1.807) is 0 Å². The van der Waals surface area contributed by atoms with Gasteiger partial charge in [-0.3, -0.25) is 4.79 Å². The van der Waals surface area contributed by atoms with Crippen LogP contribution in [0.25, 0.3) is 10.9 Å². The Morgan fingerprint density at radius 2 is 1.95 bits per heavy atom. The summed E-state index contributed by atoms with van der Waals surface area (Å²) in [6.07, 6.45) is 2.47. The highest BCUT2D eigenvalue weighted by Crippen LogP contribution is 2.30. The zero-order valence-corrected chi connectivity index (χ0v) is 12.5. The molecule has 0 aliphatic carbocycles. The minimum Gasteiger partial charge on any atom is -0.361 e. The first kappa shape index (κ1) is 13.9. The number of fused-ring (bicyclic) bond motifs is 1. The molecule has 0 aliphatic heterocycles. The molecule has 0 spiro atoms. The van der Waals surface area contributed by atoms with Gasteiger partial charge < -0.3 is 4.98 Å². The molecular formula is C18H16ClNO. The van der Waals surface area contributed by atoms with Crippen LogP contribution in [0.2, 0.25) is 5.02 Å². The van der Waals surface area contributed by atoms with Gasteiger partial charge in [-0.1, -0.05) is 48.9 Å². The number of hydrogen-bond donors (Lipinski definition) is 1. The normalized spacial score (nSPS) is 12.5. The van der Waals surface area contributed by atoms with Gasteiger partial charge in [-0.15, -0.1) is 0 Å². The molecule has 1 aromatic heterocycles. The summed E-state index contributed by atoms with van der Waals surface area (Å²) in [7, 11) is 0. The third-order valence-corrected chi connectivity index (χ3v) is 4.03. The SMILES string of the molecule is CC(CC(=O)c1ccccc1)c1c[nH]c2ccc(Cl)cc12. The van der Waals surface area contributed by atoms with Crippen LogP contribution in [-0.4, -0.2) is 10.8 Å². The highest BCUT2D eigenvalue weighted by atomic mass is 35.5. The van der Waals surface area contributed by atoms with Crippen LogP contribution in [0.4, 0.5) is 0 Å². The smallest absolute Gasteiger partial charge is 0.163 e. The Bertz CT molecular complexity index is 776. The van der Waals surface area contributed by atoms with Crippen LogP contribution >= 0.6 is 11.6 Å². The van der Waals surface area contributed by atoms with Crippen LogP contribution in [0, 0.1) is 0 Å². The Morgan fingerprint density at radius 3 is 2.71 bits per heavy atom. The monoisotopic (exact) mass is 297 g/mol. The Kier molecular flexibility index (Phi) is 3.80. The van der Waals surface area contributed by atoms with Gasteiger partial charge in [0.1, 0.15) is 0 Å². The number of nitrogens with one attached hydrogen (secondary N) is 1. The van der Waals surface area contributed by atoms with Crippen LogP contribution in [0.1, 0.15) is 35.2 Å². The minimum absolute atomic E-state index is 0.143. The second kappa shape index (κ2) is 5.74. The van der Waals surface area contributed by atoms with Crippen molar-refractivity contribution in [2.45, 2.75) is 19.3 Å². The zero-order valence-electron chi connectivity index (χ0n) is 11.8. The Balaban J connectivity index is 1.86. The number of halogens is 1. The lowest BCUT2D eigenvalue weighted by atomic mass is 9.93. The molecule has 1 N–H and O–H groups in total. The maximum absolute atomic E-state index is 12.3. The molecular weight excluding hydrogens is 282 g/mol. The number of rotatable bonds is 4. The number of aromatic nitrogens is 1. The number of hydrogen-bond acceptors (Lipinski definition) is 1. The van der Waals surface area contributed by atoms with E-state index in [4.69, 9.17) is 11.6 Å². The van der Waals surface area contributed by atoms with Gasteiger partial charge in [0, 0.05) is 34.1 Å². The predicted octanol–water partition coefficient (Wildman–Crippen LogP) is 5.20. The third kappa shape index (κ3) is 2.86. The summed E-state index contributed by atoms with van der Waals surface area (Å²) in [5, 5.41) is 1.81. The van der Waals surface area contributed by atoms with Crippen molar-refractivity contribution in [3.63, 3.8) is 0 Å². The highest BCUT2D eigenvalue weighted by molar-refractivity contribution is 6.31. The van der Waals surface area contributed by atoms with Gasteiger partial charge in [0.15, 0.2) is 5.78 Å². The largest absolute Gasteiger partial charge is 0.361 e. The lowest BCUT2D eigenvalue weighted by Gasteiger charge is -2.10. The maximum Gasteiger partial charge on any atom is 0.163 e. The van der Waals surface area contributed by atoms with Crippen LogP contribution in [0.15, 0.2) is 54.7 Å². The van der Waals surface area contributed by atoms with E-state index in [2.05, 4.69) is 11.9 Å². The van der Waals surface area contributed by atoms with Crippen molar-refractivity contribution in [3.8, 4) is 0 Å². The van der Waals surface area contributed by atoms with E-state index in [9.17, 15) is 4.79 Å². The number of benzene rings is 2. The van der Waals surface area contributed by atoms with Crippen molar-refractivity contribution in [2.24, 2.45) is 0 Å². The molecule has 0 saturated heterocycles. The number of ketones is 1. The lowest BCUT2D eigenvalue weighted by Crippen LogP contribution is -2.04. The van der Waals surface area contributed by atoms with Crippen molar-refractivity contribution >= 4 is 28.3 Å². The summed E-state index contributed by atoms with van der Waals surface area (Å²) in [4.78, 5) is 15.6. The van der Waals surface area contributed by atoms with E-state index in [0.29, 0.717) is 11.4 Å². The van der Waals surface area contributed by atoms with E-state index >= 15 is 0 Å². The van der Waals surface area contributed by atoms with Crippen molar-refractivity contribution in [2.75, 3.05) is 0 Å². The summed E-state index contributed by atoms with van der Waals surface area (Å²) in [5.74, 6) is 0.310. The van der Waals surface area contributed by atoms with E-state index in [1.165, 1.54) is 0 Å². The molecule has 3 heteroatoms. The Morgan fingerprint density at radius 1 is 1.19 bits per heavy atom. The summed E-state index contributed by atoms with van der Waals surface area (Å²) in [6, 6.07) is 15.2. The standard InChI is InChI=1S/C18H16ClNO/c1-12(9-18(21)13-5-3-2-4-6-13)16-11-20-17-8-7-14(19)10-15(16)17/h2-8,10-12,20H,9H2,1H3. The van der Waals surface area contributed by atoms with Gasteiger partial charge in [-0.05, 0) is 29.7 Å². The summed E-state index contributed by atoms with van der Waals surface area (Å²) in [5.41, 5.74) is 2.95. The first-order valence-electron chi connectivity index (χ1n) is 7.00. The van der Waals surface area contributed by atoms with Gasteiger partial charge in [0.2, 0.25) is 0 Å². The lowest BCUT2D eigenvalue weighted by molar-refractivity contribution is 0.0976. The minimum atomic E-state index is 0.143. The second-order valence-corrected chi connectivity index (χ2v) is 5.76.